The summed E-state index contributed by atoms with van der Waals surface area (Å²) in [5, 5.41) is 19.6. The van der Waals surface area contributed by atoms with E-state index in [9.17, 15) is 28.7 Å². The van der Waals surface area contributed by atoms with Gasteiger partial charge in [-0.05, 0) is 6.07 Å². The van der Waals surface area contributed by atoms with Gasteiger partial charge in [0, 0.05) is 6.20 Å². The van der Waals surface area contributed by atoms with Crippen LogP contribution in [-0.2, 0) is 27.3 Å². The van der Waals surface area contributed by atoms with E-state index in [1.165, 1.54) is 12.3 Å². The predicted molar refractivity (Wildman–Crippen MR) is 92.0 cm³/mol. The molecule has 4 atom stereocenters. The molecule has 0 amide bonds. The van der Waals surface area contributed by atoms with Gasteiger partial charge < -0.3 is 50.0 Å². The van der Waals surface area contributed by atoms with Gasteiger partial charge in [-0.1, -0.05) is 0 Å². The smallest absolute Gasteiger partial charge is 0.387 e. The first-order valence-corrected chi connectivity index (χ1v) is 11.9. The number of phosphoric acid groups is 3. The molecule has 1 fully saturated rings. The second-order valence-corrected chi connectivity index (χ2v) is 9.29. The molecule has 1 aliphatic rings. The lowest BCUT2D eigenvalue weighted by Gasteiger charge is -2.16. The van der Waals surface area contributed by atoms with Crippen molar-refractivity contribution in [2.75, 3.05) is 12.3 Å². The molecule has 174 valence electrons. The summed E-state index contributed by atoms with van der Waals surface area (Å²) >= 11 is 0. The number of ether oxygens (including phenoxy) is 1. The van der Waals surface area contributed by atoms with Gasteiger partial charge in [-0.2, -0.15) is 9.29 Å². The molecule has 0 saturated carbocycles. The second-order valence-electron chi connectivity index (χ2n) is 5.44. The van der Waals surface area contributed by atoms with Crippen LogP contribution in [0.5, 0.6) is 0 Å². The highest BCUT2D eigenvalue weighted by molar-refractivity contribution is 7.60. The Morgan fingerprint density at radius 1 is 1.03 bits per heavy atom. The molecule has 10 N–H and O–H groups in total. The molecule has 2 rings (SSSR count). The lowest BCUT2D eigenvalue weighted by molar-refractivity contribution is -0.0542. The molecule has 0 aliphatic carbocycles. The number of phosphoric ester groups is 1. The number of anilines is 1. The molecule has 1 aromatic rings. The fraction of sp³-hybridized carbons (Fsp3) is 0.556. The fourth-order valence-corrected chi connectivity index (χ4v) is 3.47. The Morgan fingerprint density at radius 2 is 1.57 bits per heavy atom. The molecule has 0 radical (unpaired) electrons. The van der Waals surface area contributed by atoms with Crippen LogP contribution >= 0.6 is 23.5 Å². The highest BCUT2D eigenvalue weighted by Crippen LogP contribution is 2.53. The van der Waals surface area contributed by atoms with E-state index in [0.717, 1.165) is 4.57 Å². The Kier molecular flexibility index (Phi) is 9.02. The first-order valence-electron chi connectivity index (χ1n) is 7.28. The average Bonchev–Trinajstić information content (AvgIpc) is 2.77. The van der Waals surface area contributed by atoms with Crippen LogP contribution in [0.15, 0.2) is 17.1 Å². The van der Waals surface area contributed by atoms with Crippen LogP contribution in [0.3, 0.4) is 0 Å². The van der Waals surface area contributed by atoms with Gasteiger partial charge in [0.05, 0.1) is 6.61 Å². The summed E-state index contributed by atoms with van der Waals surface area (Å²) in [7, 11) is -14.8. The lowest BCUT2D eigenvalue weighted by Crippen LogP contribution is -2.36. The average molecular weight is 501 g/mol. The second kappa shape index (κ2) is 10.0. The summed E-state index contributed by atoms with van der Waals surface area (Å²) in [5.41, 5.74) is 4.52. The minimum Gasteiger partial charge on any atom is -0.387 e. The van der Waals surface area contributed by atoms with Crippen LogP contribution in [0, 0.1) is 0 Å². The maximum Gasteiger partial charge on any atom is 0.478 e. The highest BCUT2D eigenvalue weighted by atomic mass is 31.3. The molecule has 30 heavy (non-hydrogen) atoms. The Labute approximate surface area is 166 Å². The van der Waals surface area contributed by atoms with Crippen LogP contribution in [0.1, 0.15) is 6.23 Å². The summed E-state index contributed by atoms with van der Waals surface area (Å²) in [6, 6.07) is 1.29. The Bertz CT molecular complexity index is 899. The third-order valence-electron chi connectivity index (χ3n) is 3.08. The van der Waals surface area contributed by atoms with Crippen molar-refractivity contribution >= 4 is 29.3 Å². The number of nitrogens with zero attached hydrogens (tertiary/aromatic N) is 2. The zero-order valence-electron chi connectivity index (χ0n) is 14.4. The van der Waals surface area contributed by atoms with E-state index in [0.29, 0.717) is 0 Å². The van der Waals surface area contributed by atoms with E-state index in [1.807, 2.05) is 0 Å². The maximum atomic E-state index is 11.6. The fourth-order valence-electron chi connectivity index (χ4n) is 2.03. The van der Waals surface area contributed by atoms with Crippen molar-refractivity contribution < 1.29 is 66.8 Å². The summed E-state index contributed by atoms with van der Waals surface area (Å²) in [6.45, 7) is -0.657. The molecular weight excluding hydrogens is 483 g/mol. The van der Waals surface area contributed by atoms with E-state index in [-0.39, 0.29) is 5.82 Å². The minimum atomic E-state index is -5.05. The number of hydrogen-bond acceptors (Lipinski definition) is 11. The van der Waals surface area contributed by atoms with Crippen LogP contribution in [-0.4, -0.2) is 74.0 Å². The minimum absolute atomic E-state index is 0.0225. The van der Waals surface area contributed by atoms with Crippen LogP contribution < -0.4 is 11.4 Å². The number of aromatic nitrogens is 2. The highest BCUT2D eigenvalue weighted by Gasteiger charge is 2.45. The van der Waals surface area contributed by atoms with Crippen molar-refractivity contribution in [1.82, 2.24) is 9.55 Å². The van der Waals surface area contributed by atoms with Gasteiger partial charge in [0.1, 0.15) is 24.1 Å². The van der Waals surface area contributed by atoms with Gasteiger partial charge in [0.2, 0.25) is 0 Å². The van der Waals surface area contributed by atoms with Crippen LogP contribution in [0.25, 0.3) is 0 Å². The molecule has 21 heteroatoms. The number of aliphatic hydroxyl groups is 2. The molecule has 0 unspecified atom stereocenters. The van der Waals surface area contributed by atoms with E-state index in [2.05, 4.69) is 13.8 Å². The van der Waals surface area contributed by atoms with Crippen molar-refractivity contribution in [2.45, 2.75) is 24.5 Å². The topological polar surface area (TPSA) is 302 Å². The van der Waals surface area contributed by atoms with Crippen molar-refractivity contribution in [3.8, 4) is 0 Å². The maximum absolute atomic E-state index is 11.6. The molecule has 2 heterocycles. The zero-order valence-corrected chi connectivity index (χ0v) is 17.1. The van der Waals surface area contributed by atoms with Crippen LogP contribution in [0.2, 0.25) is 0 Å². The van der Waals surface area contributed by atoms with Gasteiger partial charge >= 0.3 is 29.2 Å². The normalized spacial score (nSPS) is 24.9. The third-order valence-corrected chi connectivity index (χ3v) is 5.27. The van der Waals surface area contributed by atoms with E-state index in [1.54, 1.807) is 0 Å². The SMILES string of the molecule is Nc1ccn([C@@H]2O[C@H](COP(=O)(O)O)[C@@H](O)[C@H]2O)c(=O)n1.O=P(O)(O)OP(=O)(O)O. The van der Waals surface area contributed by atoms with Gasteiger partial charge in [-0.25, -0.2) is 18.5 Å². The monoisotopic (exact) mass is 501 g/mol. The summed E-state index contributed by atoms with van der Waals surface area (Å²) < 4.78 is 43.1. The molecule has 0 aromatic carbocycles. The summed E-state index contributed by atoms with van der Waals surface area (Å²) in [5.74, 6) is -0.0225. The quantitative estimate of drug-likeness (QED) is 0.173. The Balaban J connectivity index is 0.000000424. The van der Waals surface area contributed by atoms with Crippen molar-refractivity contribution in [3.63, 3.8) is 0 Å². The van der Waals surface area contributed by atoms with Crippen LogP contribution in [0.4, 0.5) is 5.82 Å². The zero-order chi connectivity index (χ0) is 23.5. The van der Waals surface area contributed by atoms with Gasteiger partial charge in [0.25, 0.3) is 0 Å². The van der Waals surface area contributed by atoms with Gasteiger partial charge in [0.15, 0.2) is 6.23 Å². The molecular formula is C9H18N3O15P3. The molecule has 18 nitrogen and oxygen atoms in total. The van der Waals surface area contributed by atoms with E-state index >= 15 is 0 Å². The first-order chi connectivity index (χ1) is 13.4. The number of nitrogen functional groups attached to an aromatic ring is 1. The van der Waals surface area contributed by atoms with E-state index in [4.69, 9.17) is 39.8 Å². The largest absolute Gasteiger partial charge is 0.478 e. The molecule has 1 aromatic heterocycles. The lowest BCUT2D eigenvalue weighted by atomic mass is 10.1. The standard InChI is InChI=1S/C9H14N3O8P.H4O7P2/c10-5-1-2-12(9(15)11-5)8-7(14)6(13)4(20-8)3-19-21(16,17)18;1-8(2,3)7-9(4,5)6/h1-2,4,6-8,13-14H,3H2,(H2,10,11,15)(H2,16,17,18);(H2,1,2,3)(H2,4,5,6)/t4-,6-,7-,8-;/m1./s1. The summed E-state index contributed by atoms with van der Waals surface area (Å²) in [4.78, 5) is 63.3. The van der Waals surface area contributed by atoms with E-state index < -0.39 is 60.3 Å². The number of rotatable bonds is 6. The number of aliphatic hydroxyl groups excluding tert-OH is 2. The third kappa shape index (κ3) is 9.38. The Hall–Kier alpha value is -1.07. The predicted octanol–water partition coefficient (Wildman–Crippen LogP) is -3.26. The molecule has 0 spiro atoms. The Morgan fingerprint density at radius 3 is 1.97 bits per heavy atom. The van der Waals surface area contributed by atoms with Crippen molar-refractivity contribution in [2.24, 2.45) is 0 Å². The van der Waals surface area contributed by atoms with Gasteiger partial charge in [-0.3, -0.25) is 9.09 Å². The summed E-state index contributed by atoms with van der Waals surface area (Å²) in [6.07, 6.45) is -4.27. The number of hydrogen-bond donors (Lipinski definition) is 9. The number of nitrogens with two attached hydrogens (primary N) is 1. The molecule has 0 bridgehead atoms. The van der Waals surface area contributed by atoms with Crippen molar-refractivity contribution in [3.05, 3.63) is 22.7 Å². The van der Waals surface area contributed by atoms with Gasteiger partial charge in [-0.15, -0.1) is 0 Å². The first kappa shape index (κ1) is 27.0. The molecule has 1 aliphatic heterocycles. The van der Waals surface area contributed by atoms with Crippen molar-refractivity contribution in [1.29, 1.82) is 0 Å². The molecule has 1 saturated heterocycles.